The molecule has 0 heterocycles. The van der Waals surface area contributed by atoms with E-state index in [0.29, 0.717) is 0 Å². The molecule has 0 aromatic heterocycles. The van der Waals surface area contributed by atoms with Crippen LogP contribution < -0.4 is 4.72 Å². The molecule has 0 spiro atoms. The molecule has 0 atom stereocenters. The van der Waals surface area contributed by atoms with Gasteiger partial charge in [0.15, 0.2) is 0 Å². The van der Waals surface area contributed by atoms with Gasteiger partial charge in [0.1, 0.15) is 6.10 Å². The van der Waals surface area contributed by atoms with Gasteiger partial charge in [0.2, 0.25) is 10.0 Å². The van der Waals surface area contributed by atoms with Crippen LogP contribution in [0, 0.1) is 0 Å². The number of ether oxygens (including phenoxy) is 1. The van der Waals surface area contributed by atoms with Crippen molar-refractivity contribution in [1.82, 2.24) is 4.72 Å². The summed E-state index contributed by atoms with van der Waals surface area (Å²) in [4.78, 5) is 11.9. The van der Waals surface area contributed by atoms with E-state index < -0.39 is 16.0 Å². The highest BCUT2D eigenvalue weighted by molar-refractivity contribution is 7.89. The van der Waals surface area contributed by atoms with Crippen LogP contribution in [0.3, 0.4) is 0 Å². The Morgan fingerprint density at radius 1 is 1.33 bits per heavy atom. The number of hydrogen-bond acceptors (Lipinski definition) is 4. The van der Waals surface area contributed by atoms with Gasteiger partial charge in [-0.25, -0.2) is 17.9 Å². The minimum atomic E-state index is -3.65. The summed E-state index contributed by atoms with van der Waals surface area (Å²) in [6.07, 6.45) is 2.69. The van der Waals surface area contributed by atoms with Crippen LogP contribution in [-0.4, -0.2) is 27.5 Å². The van der Waals surface area contributed by atoms with Gasteiger partial charge >= 0.3 is 5.97 Å². The predicted molar refractivity (Wildman–Crippen MR) is 65.7 cm³/mol. The van der Waals surface area contributed by atoms with Gasteiger partial charge in [-0.15, -0.1) is 0 Å². The first-order valence-electron chi connectivity index (χ1n) is 5.78. The number of carbonyl (C=O) groups is 1. The Kier molecular flexibility index (Phi) is 3.68. The number of sulfonamides is 1. The first kappa shape index (κ1) is 13.0. The lowest BCUT2D eigenvalue weighted by molar-refractivity contribution is 0.00859. The van der Waals surface area contributed by atoms with Crippen LogP contribution in [-0.2, 0) is 14.8 Å². The number of rotatable bonds is 4. The molecule has 98 valence electrons. The van der Waals surface area contributed by atoms with E-state index in [1.807, 2.05) is 0 Å². The van der Waals surface area contributed by atoms with Crippen molar-refractivity contribution in [3.05, 3.63) is 29.8 Å². The Balaban J connectivity index is 2.29. The summed E-state index contributed by atoms with van der Waals surface area (Å²) in [6, 6.07) is 6.05. The number of nitrogens with one attached hydrogen (secondary N) is 1. The maximum Gasteiger partial charge on any atom is 0.339 e. The third-order valence-corrected chi connectivity index (χ3v) is 4.46. The molecular formula is C12H15NO4S. The third kappa shape index (κ3) is 2.54. The van der Waals surface area contributed by atoms with E-state index in [1.54, 1.807) is 12.1 Å². The first-order valence-corrected chi connectivity index (χ1v) is 7.26. The standard InChI is InChI=1S/C12H15NO4S/c1-13-18(15,16)11-8-3-2-7-10(11)12(14)17-9-5-4-6-9/h2-3,7-9,13H,4-6H2,1H3. The van der Waals surface area contributed by atoms with Gasteiger partial charge in [-0.2, -0.15) is 0 Å². The summed E-state index contributed by atoms with van der Waals surface area (Å²) in [5, 5.41) is 0. The summed E-state index contributed by atoms with van der Waals surface area (Å²) in [5.41, 5.74) is 0.0822. The summed E-state index contributed by atoms with van der Waals surface area (Å²) >= 11 is 0. The maximum absolute atomic E-state index is 11.9. The Labute approximate surface area is 106 Å². The third-order valence-electron chi connectivity index (χ3n) is 2.99. The quantitative estimate of drug-likeness (QED) is 0.836. The van der Waals surface area contributed by atoms with Gasteiger partial charge in [0, 0.05) is 0 Å². The summed E-state index contributed by atoms with van der Waals surface area (Å²) in [7, 11) is -2.34. The van der Waals surface area contributed by atoms with E-state index in [2.05, 4.69) is 4.72 Å². The summed E-state index contributed by atoms with van der Waals surface area (Å²) in [6.45, 7) is 0. The lowest BCUT2D eigenvalue weighted by Crippen LogP contribution is -2.27. The molecule has 1 aliphatic carbocycles. The van der Waals surface area contributed by atoms with E-state index >= 15 is 0 Å². The second-order valence-corrected chi connectivity index (χ2v) is 6.02. The fourth-order valence-corrected chi connectivity index (χ4v) is 2.60. The van der Waals surface area contributed by atoms with Crippen LogP contribution >= 0.6 is 0 Å². The molecule has 0 amide bonds. The van der Waals surface area contributed by atoms with Crippen molar-refractivity contribution in [3.63, 3.8) is 0 Å². The highest BCUT2D eigenvalue weighted by Crippen LogP contribution is 2.24. The molecule has 1 saturated carbocycles. The first-order chi connectivity index (χ1) is 8.54. The normalized spacial score (nSPS) is 16.1. The number of benzene rings is 1. The fourth-order valence-electron chi connectivity index (χ4n) is 1.68. The fraction of sp³-hybridized carbons (Fsp3) is 0.417. The molecule has 1 fully saturated rings. The molecule has 1 N–H and O–H groups in total. The largest absolute Gasteiger partial charge is 0.459 e. The summed E-state index contributed by atoms with van der Waals surface area (Å²) in [5.74, 6) is -0.575. The van der Waals surface area contributed by atoms with E-state index in [4.69, 9.17) is 4.74 Å². The van der Waals surface area contributed by atoms with Crippen molar-refractivity contribution in [1.29, 1.82) is 0 Å². The van der Waals surface area contributed by atoms with Crippen LogP contribution in [0.25, 0.3) is 0 Å². The van der Waals surface area contributed by atoms with Crippen molar-refractivity contribution in [2.24, 2.45) is 0 Å². The number of hydrogen-bond donors (Lipinski definition) is 1. The second-order valence-electron chi connectivity index (χ2n) is 4.16. The molecule has 18 heavy (non-hydrogen) atoms. The minimum absolute atomic E-state index is 0.0446. The van der Waals surface area contributed by atoms with Crippen LogP contribution in [0.2, 0.25) is 0 Å². The number of esters is 1. The monoisotopic (exact) mass is 269 g/mol. The molecule has 0 aliphatic heterocycles. The Bertz CT molecular complexity index is 549. The molecule has 6 heteroatoms. The average molecular weight is 269 g/mol. The Morgan fingerprint density at radius 3 is 2.56 bits per heavy atom. The SMILES string of the molecule is CNS(=O)(=O)c1ccccc1C(=O)OC1CCC1. The lowest BCUT2D eigenvalue weighted by atomic mass is 9.96. The van der Waals surface area contributed by atoms with E-state index in [-0.39, 0.29) is 16.6 Å². The average Bonchev–Trinajstić information content (AvgIpc) is 2.33. The lowest BCUT2D eigenvalue weighted by Gasteiger charge is -2.25. The van der Waals surface area contributed by atoms with Crippen molar-refractivity contribution >= 4 is 16.0 Å². The van der Waals surface area contributed by atoms with E-state index in [1.165, 1.54) is 19.2 Å². The second kappa shape index (κ2) is 5.07. The van der Waals surface area contributed by atoms with Crippen molar-refractivity contribution in [2.75, 3.05) is 7.05 Å². The Hall–Kier alpha value is -1.40. The van der Waals surface area contributed by atoms with Gasteiger partial charge in [-0.3, -0.25) is 0 Å². The molecule has 1 aromatic carbocycles. The Morgan fingerprint density at radius 2 is 2.00 bits per heavy atom. The van der Waals surface area contributed by atoms with Gasteiger partial charge < -0.3 is 4.74 Å². The molecule has 0 saturated heterocycles. The zero-order valence-corrected chi connectivity index (χ0v) is 10.9. The summed E-state index contributed by atoms with van der Waals surface area (Å²) < 4.78 is 31.0. The zero-order chi connectivity index (χ0) is 13.2. The highest BCUT2D eigenvalue weighted by Gasteiger charge is 2.26. The molecule has 0 radical (unpaired) electrons. The molecule has 2 rings (SSSR count). The van der Waals surface area contributed by atoms with Crippen LogP contribution in [0.4, 0.5) is 0 Å². The van der Waals surface area contributed by atoms with E-state index in [9.17, 15) is 13.2 Å². The molecule has 1 aromatic rings. The van der Waals surface area contributed by atoms with Gasteiger partial charge in [0.25, 0.3) is 0 Å². The van der Waals surface area contributed by atoms with Gasteiger partial charge in [-0.1, -0.05) is 12.1 Å². The molecular weight excluding hydrogens is 254 g/mol. The van der Waals surface area contributed by atoms with Crippen molar-refractivity contribution in [3.8, 4) is 0 Å². The molecule has 1 aliphatic rings. The van der Waals surface area contributed by atoms with Crippen LogP contribution in [0.1, 0.15) is 29.6 Å². The van der Waals surface area contributed by atoms with Crippen molar-refractivity contribution in [2.45, 2.75) is 30.3 Å². The van der Waals surface area contributed by atoms with Crippen LogP contribution in [0.15, 0.2) is 29.2 Å². The van der Waals surface area contributed by atoms with Gasteiger partial charge in [-0.05, 0) is 38.4 Å². The topological polar surface area (TPSA) is 72.5 Å². The smallest absolute Gasteiger partial charge is 0.339 e. The predicted octanol–water partition coefficient (Wildman–Crippen LogP) is 1.30. The zero-order valence-electron chi connectivity index (χ0n) is 10.0. The highest BCUT2D eigenvalue weighted by atomic mass is 32.2. The van der Waals surface area contributed by atoms with E-state index in [0.717, 1.165) is 19.3 Å². The molecule has 0 unspecified atom stereocenters. The maximum atomic E-state index is 11.9. The molecule has 0 bridgehead atoms. The minimum Gasteiger partial charge on any atom is -0.459 e. The molecule has 5 nitrogen and oxygen atoms in total. The van der Waals surface area contributed by atoms with Crippen molar-refractivity contribution < 1.29 is 17.9 Å². The number of carbonyl (C=O) groups excluding carboxylic acids is 1. The van der Waals surface area contributed by atoms with Gasteiger partial charge in [0.05, 0.1) is 10.5 Å². The van der Waals surface area contributed by atoms with Crippen LogP contribution in [0.5, 0.6) is 0 Å².